The summed E-state index contributed by atoms with van der Waals surface area (Å²) in [7, 11) is 0. The number of carbonyl (C=O) groups excluding carboxylic acids is 1. The summed E-state index contributed by atoms with van der Waals surface area (Å²) in [6.45, 7) is 1.09. The fraction of sp³-hybridized carbons (Fsp3) is 0.364. The van der Waals surface area contributed by atoms with Crippen LogP contribution < -0.4 is 5.32 Å². The van der Waals surface area contributed by atoms with E-state index in [1.807, 2.05) is 6.07 Å². The molecule has 1 atom stereocenters. The summed E-state index contributed by atoms with van der Waals surface area (Å²) in [5.41, 5.74) is -0.740. The molecule has 3 N–H and O–H groups in total. The van der Waals surface area contributed by atoms with Gasteiger partial charge in [-0.25, -0.2) is 0 Å². The zero-order valence-corrected chi connectivity index (χ0v) is 8.60. The maximum atomic E-state index is 11.5. The standard InChI is InChI=1S/C11H15NO3/c1-11(15,8-13)7-12-10(14)9-5-3-2-4-6-9/h2-6,13,15H,7-8H2,1H3,(H,12,14). The number of rotatable bonds is 4. The van der Waals surface area contributed by atoms with Gasteiger partial charge in [-0.1, -0.05) is 18.2 Å². The SMILES string of the molecule is CC(O)(CO)CNC(=O)c1ccccc1. The highest BCUT2D eigenvalue weighted by atomic mass is 16.3. The molecule has 0 saturated heterocycles. The van der Waals surface area contributed by atoms with Crippen molar-refractivity contribution in [2.45, 2.75) is 12.5 Å². The molecule has 0 aromatic heterocycles. The lowest BCUT2D eigenvalue weighted by Gasteiger charge is -2.20. The van der Waals surface area contributed by atoms with E-state index in [4.69, 9.17) is 5.11 Å². The van der Waals surface area contributed by atoms with Crippen LogP contribution in [0.15, 0.2) is 30.3 Å². The third-order valence-electron chi connectivity index (χ3n) is 2.01. The van der Waals surface area contributed by atoms with Gasteiger partial charge in [0.2, 0.25) is 0 Å². The Balaban J connectivity index is 2.51. The molecule has 0 fully saturated rings. The monoisotopic (exact) mass is 209 g/mol. The van der Waals surface area contributed by atoms with E-state index in [0.29, 0.717) is 5.56 Å². The number of amides is 1. The number of carbonyl (C=O) groups is 1. The van der Waals surface area contributed by atoms with Crippen LogP contribution in [0, 0.1) is 0 Å². The van der Waals surface area contributed by atoms with Crippen LogP contribution in [0.5, 0.6) is 0 Å². The predicted octanol–water partition coefficient (Wildman–Crippen LogP) is 0.160. The summed E-state index contributed by atoms with van der Waals surface area (Å²) in [4.78, 5) is 11.5. The Hall–Kier alpha value is -1.39. The second-order valence-corrected chi connectivity index (χ2v) is 3.70. The van der Waals surface area contributed by atoms with E-state index in [9.17, 15) is 9.90 Å². The van der Waals surface area contributed by atoms with Gasteiger partial charge in [-0.15, -0.1) is 0 Å². The third kappa shape index (κ3) is 3.69. The van der Waals surface area contributed by atoms with Gasteiger partial charge in [0, 0.05) is 12.1 Å². The Morgan fingerprint density at radius 3 is 2.53 bits per heavy atom. The Bertz CT molecular complexity index is 322. The molecule has 82 valence electrons. The van der Waals surface area contributed by atoms with Crippen LogP contribution in [0.4, 0.5) is 0 Å². The lowest BCUT2D eigenvalue weighted by molar-refractivity contribution is 0.00320. The van der Waals surface area contributed by atoms with Crippen molar-refractivity contribution in [1.82, 2.24) is 5.32 Å². The first kappa shape index (κ1) is 11.7. The van der Waals surface area contributed by atoms with Gasteiger partial charge in [-0.3, -0.25) is 4.79 Å². The van der Waals surface area contributed by atoms with E-state index in [-0.39, 0.29) is 19.1 Å². The minimum atomic E-state index is -1.27. The van der Waals surface area contributed by atoms with Crippen molar-refractivity contribution in [3.63, 3.8) is 0 Å². The highest BCUT2D eigenvalue weighted by molar-refractivity contribution is 5.94. The highest BCUT2D eigenvalue weighted by Gasteiger charge is 2.19. The van der Waals surface area contributed by atoms with Gasteiger partial charge in [0.1, 0.15) is 5.60 Å². The molecule has 4 heteroatoms. The van der Waals surface area contributed by atoms with Gasteiger partial charge in [-0.2, -0.15) is 0 Å². The van der Waals surface area contributed by atoms with Crippen LogP contribution in [-0.2, 0) is 0 Å². The van der Waals surface area contributed by atoms with Crippen LogP contribution in [0.3, 0.4) is 0 Å². The van der Waals surface area contributed by atoms with Crippen LogP contribution >= 0.6 is 0 Å². The molecule has 0 spiro atoms. The van der Waals surface area contributed by atoms with Gasteiger partial charge in [0.25, 0.3) is 5.91 Å². The fourth-order valence-corrected chi connectivity index (χ4v) is 1.02. The Labute approximate surface area is 88.6 Å². The maximum absolute atomic E-state index is 11.5. The minimum absolute atomic E-state index is 0.0250. The van der Waals surface area contributed by atoms with Crippen LogP contribution in [-0.4, -0.2) is 34.9 Å². The van der Waals surface area contributed by atoms with Crippen molar-refractivity contribution >= 4 is 5.91 Å². The van der Waals surface area contributed by atoms with Crippen LogP contribution in [0.2, 0.25) is 0 Å². The van der Waals surface area contributed by atoms with Crippen molar-refractivity contribution in [2.75, 3.05) is 13.2 Å². The maximum Gasteiger partial charge on any atom is 0.251 e. The first-order chi connectivity index (χ1) is 7.05. The van der Waals surface area contributed by atoms with Crippen molar-refractivity contribution in [3.8, 4) is 0 Å². The molecular weight excluding hydrogens is 194 g/mol. The first-order valence-corrected chi connectivity index (χ1v) is 4.72. The summed E-state index contributed by atoms with van der Waals surface area (Å²) in [5.74, 6) is -0.260. The van der Waals surface area contributed by atoms with Gasteiger partial charge in [-0.05, 0) is 19.1 Å². The summed E-state index contributed by atoms with van der Waals surface area (Å²) < 4.78 is 0. The Morgan fingerprint density at radius 1 is 1.40 bits per heavy atom. The summed E-state index contributed by atoms with van der Waals surface area (Å²) >= 11 is 0. The molecule has 0 aliphatic heterocycles. The average molecular weight is 209 g/mol. The van der Waals surface area contributed by atoms with E-state index in [0.717, 1.165) is 0 Å². The van der Waals surface area contributed by atoms with Crippen LogP contribution in [0.1, 0.15) is 17.3 Å². The number of aliphatic hydroxyl groups excluding tert-OH is 1. The number of nitrogens with one attached hydrogen (secondary N) is 1. The number of hydrogen-bond donors (Lipinski definition) is 3. The molecule has 0 bridgehead atoms. The van der Waals surface area contributed by atoms with Crippen LogP contribution in [0.25, 0.3) is 0 Å². The normalized spacial score (nSPS) is 14.3. The molecule has 0 radical (unpaired) electrons. The number of hydrogen-bond acceptors (Lipinski definition) is 3. The number of aliphatic hydroxyl groups is 2. The second kappa shape index (κ2) is 4.91. The quantitative estimate of drug-likeness (QED) is 0.661. The second-order valence-electron chi connectivity index (χ2n) is 3.70. The van der Waals surface area contributed by atoms with E-state index < -0.39 is 5.60 Å². The van der Waals surface area contributed by atoms with Gasteiger partial charge >= 0.3 is 0 Å². The molecule has 4 nitrogen and oxygen atoms in total. The Kier molecular flexibility index (Phi) is 3.82. The Morgan fingerprint density at radius 2 is 2.00 bits per heavy atom. The molecule has 1 aromatic rings. The minimum Gasteiger partial charge on any atom is -0.393 e. The topological polar surface area (TPSA) is 69.6 Å². The van der Waals surface area contributed by atoms with Crippen molar-refractivity contribution in [2.24, 2.45) is 0 Å². The number of benzene rings is 1. The van der Waals surface area contributed by atoms with Gasteiger partial charge in [0.15, 0.2) is 0 Å². The predicted molar refractivity (Wildman–Crippen MR) is 56.5 cm³/mol. The molecule has 15 heavy (non-hydrogen) atoms. The zero-order valence-electron chi connectivity index (χ0n) is 8.60. The van der Waals surface area contributed by atoms with E-state index in [1.165, 1.54) is 6.92 Å². The molecular formula is C11H15NO3. The summed E-state index contributed by atoms with van der Waals surface area (Å²) in [6.07, 6.45) is 0. The molecule has 0 saturated carbocycles. The third-order valence-corrected chi connectivity index (χ3v) is 2.01. The van der Waals surface area contributed by atoms with Crippen molar-refractivity contribution in [1.29, 1.82) is 0 Å². The molecule has 1 unspecified atom stereocenters. The fourth-order valence-electron chi connectivity index (χ4n) is 1.02. The average Bonchev–Trinajstić information content (AvgIpc) is 2.27. The van der Waals surface area contributed by atoms with Crippen molar-refractivity contribution in [3.05, 3.63) is 35.9 Å². The highest BCUT2D eigenvalue weighted by Crippen LogP contribution is 2.01. The van der Waals surface area contributed by atoms with E-state index in [2.05, 4.69) is 5.32 Å². The molecule has 1 amide bonds. The molecule has 0 aliphatic rings. The zero-order chi connectivity index (χ0) is 11.3. The molecule has 1 rings (SSSR count). The molecule has 0 heterocycles. The van der Waals surface area contributed by atoms with Crippen molar-refractivity contribution < 1.29 is 15.0 Å². The smallest absolute Gasteiger partial charge is 0.251 e. The lowest BCUT2D eigenvalue weighted by atomic mass is 10.1. The largest absolute Gasteiger partial charge is 0.393 e. The first-order valence-electron chi connectivity index (χ1n) is 4.72. The van der Waals surface area contributed by atoms with E-state index >= 15 is 0 Å². The summed E-state index contributed by atoms with van der Waals surface area (Å²) in [5, 5.41) is 20.8. The van der Waals surface area contributed by atoms with Gasteiger partial charge < -0.3 is 15.5 Å². The lowest BCUT2D eigenvalue weighted by Crippen LogP contribution is -2.43. The van der Waals surface area contributed by atoms with E-state index in [1.54, 1.807) is 24.3 Å². The summed E-state index contributed by atoms with van der Waals surface area (Å²) in [6, 6.07) is 8.71. The van der Waals surface area contributed by atoms with Gasteiger partial charge in [0.05, 0.1) is 6.61 Å². The molecule has 0 aliphatic carbocycles. The molecule has 1 aromatic carbocycles.